The number of benzene rings is 1. The molecular formula is C19H26N4O2. The number of aromatic nitrogens is 2. The van der Waals surface area contributed by atoms with E-state index in [9.17, 15) is 9.90 Å². The largest absolute Gasteiger partial charge is 0.395 e. The van der Waals surface area contributed by atoms with E-state index >= 15 is 0 Å². The smallest absolute Gasteiger partial charge is 0.257 e. The number of aliphatic hydroxyl groups excluding tert-OH is 1. The van der Waals surface area contributed by atoms with E-state index < -0.39 is 0 Å². The van der Waals surface area contributed by atoms with E-state index in [1.165, 1.54) is 0 Å². The predicted molar refractivity (Wildman–Crippen MR) is 96.9 cm³/mol. The summed E-state index contributed by atoms with van der Waals surface area (Å²) in [5.74, 6) is 0.0383. The summed E-state index contributed by atoms with van der Waals surface area (Å²) < 4.78 is 1.76. The third-order valence-electron chi connectivity index (χ3n) is 4.95. The second kappa shape index (κ2) is 7.80. The number of piperazine rings is 1. The van der Waals surface area contributed by atoms with Gasteiger partial charge in [-0.15, -0.1) is 0 Å². The third-order valence-corrected chi connectivity index (χ3v) is 4.95. The Morgan fingerprint density at radius 2 is 1.88 bits per heavy atom. The minimum absolute atomic E-state index is 0.0383. The zero-order valence-electron chi connectivity index (χ0n) is 14.9. The Morgan fingerprint density at radius 1 is 1.20 bits per heavy atom. The highest BCUT2D eigenvalue weighted by Gasteiger charge is 2.27. The quantitative estimate of drug-likeness (QED) is 0.899. The molecule has 6 heteroatoms. The van der Waals surface area contributed by atoms with Gasteiger partial charge in [0.1, 0.15) is 0 Å². The van der Waals surface area contributed by atoms with Crippen molar-refractivity contribution in [2.24, 2.45) is 0 Å². The fourth-order valence-electron chi connectivity index (χ4n) is 3.35. The molecule has 1 aromatic heterocycles. The van der Waals surface area contributed by atoms with Crippen LogP contribution in [0.1, 0.15) is 29.4 Å². The van der Waals surface area contributed by atoms with Crippen LogP contribution in [0.2, 0.25) is 0 Å². The summed E-state index contributed by atoms with van der Waals surface area (Å²) in [4.78, 5) is 17.0. The van der Waals surface area contributed by atoms with Crippen molar-refractivity contribution in [2.75, 3.05) is 32.8 Å². The molecular weight excluding hydrogens is 316 g/mol. The van der Waals surface area contributed by atoms with Crippen molar-refractivity contribution in [1.29, 1.82) is 0 Å². The standard InChI is InChI=1S/C19H26N4O2/c1-3-16(14-24)21-9-11-22(12-10-21)19(25)18-13-23(20-15(18)2)17-7-5-4-6-8-17/h4-8,13,16,24H,3,9-12,14H2,1-2H3. The molecule has 1 amide bonds. The summed E-state index contributed by atoms with van der Waals surface area (Å²) >= 11 is 0. The molecule has 1 unspecified atom stereocenters. The number of nitrogens with zero attached hydrogens (tertiary/aromatic N) is 4. The van der Waals surface area contributed by atoms with E-state index in [0.717, 1.165) is 30.9 Å². The Bertz CT molecular complexity index is 701. The van der Waals surface area contributed by atoms with E-state index in [1.54, 1.807) is 4.68 Å². The van der Waals surface area contributed by atoms with Gasteiger partial charge in [0, 0.05) is 38.4 Å². The fraction of sp³-hybridized carbons (Fsp3) is 0.474. The lowest BCUT2D eigenvalue weighted by Crippen LogP contribution is -2.52. The number of carbonyl (C=O) groups excluding carboxylic acids is 1. The highest BCUT2D eigenvalue weighted by molar-refractivity contribution is 5.95. The van der Waals surface area contributed by atoms with E-state index in [1.807, 2.05) is 48.4 Å². The Balaban J connectivity index is 1.69. The molecule has 1 N–H and O–H groups in total. The molecule has 1 saturated heterocycles. The lowest BCUT2D eigenvalue weighted by molar-refractivity contribution is 0.0472. The molecule has 1 fully saturated rings. The van der Waals surface area contributed by atoms with Crippen LogP contribution in [-0.4, -0.2) is 69.4 Å². The molecule has 6 nitrogen and oxygen atoms in total. The number of aryl methyl sites for hydroxylation is 1. The maximum Gasteiger partial charge on any atom is 0.257 e. The zero-order valence-corrected chi connectivity index (χ0v) is 14.9. The number of aliphatic hydroxyl groups is 1. The maximum atomic E-state index is 12.9. The topological polar surface area (TPSA) is 61.6 Å². The molecule has 0 saturated carbocycles. The van der Waals surface area contributed by atoms with Gasteiger partial charge in [0.05, 0.1) is 23.6 Å². The van der Waals surface area contributed by atoms with Gasteiger partial charge in [0.15, 0.2) is 0 Å². The Hall–Kier alpha value is -2.18. The molecule has 0 spiro atoms. The molecule has 1 aliphatic rings. The average Bonchev–Trinajstić information content (AvgIpc) is 3.05. The highest BCUT2D eigenvalue weighted by atomic mass is 16.3. The van der Waals surface area contributed by atoms with Crippen LogP contribution < -0.4 is 0 Å². The van der Waals surface area contributed by atoms with Gasteiger partial charge in [-0.1, -0.05) is 25.1 Å². The predicted octanol–water partition coefficient (Wildman–Crippen LogP) is 1.71. The van der Waals surface area contributed by atoms with Gasteiger partial charge in [0.25, 0.3) is 5.91 Å². The highest BCUT2D eigenvalue weighted by Crippen LogP contribution is 2.16. The molecule has 0 bridgehead atoms. The zero-order chi connectivity index (χ0) is 17.8. The number of para-hydroxylation sites is 1. The van der Waals surface area contributed by atoms with E-state index in [2.05, 4.69) is 16.9 Å². The molecule has 2 aromatic rings. The summed E-state index contributed by atoms with van der Waals surface area (Å²) in [6.45, 7) is 7.11. The number of amides is 1. The first-order chi connectivity index (χ1) is 12.1. The summed E-state index contributed by atoms with van der Waals surface area (Å²) in [6, 6.07) is 10.0. The third kappa shape index (κ3) is 3.75. The van der Waals surface area contributed by atoms with Gasteiger partial charge in [-0.2, -0.15) is 5.10 Å². The van der Waals surface area contributed by atoms with Crippen LogP contribution in [-0.2, 0) is 0 Å². The Morgan fingerprint density at radius 3 is 2.48 bits per heavy atom. The lowest BCUT2D eigenvalue weighted by Gasteiger charge is -2.38. The van der Waals surface area contributed by atoms with Crippen LogP contribution in [0.25, 0.3) is 5.69 Å². The van der Waals surface area contributed by atoms with Gasteiger partial charge >= 0.3 is 0 Å². The van der Waals surface area contributed by atoms with Crippen molar-refractivity contribution in [3.05, 3.63) is 47.8 Å². The van der Waals surface area contributed by atoms with Gasteiger partial charge in [-0.05, 0) is 25.5 Å². The van der Waals surface area contributed by atoms with Crippen molar-refractivity contribution in [3.63, 3.8) is 0 Å². The summed E-state index contributed by atoms with van der Waals surface area (Å²) in [5, 5.41) is 13.9. The van der Waals surface area contributed by atoms with Crippen LogP contribution in [0, 0.1) is 6.92 Å². The van der Waals surface area contributed by atoms with Crippen molar-refractivity contribution < 1.29 is 9.90 Å². The van der Waals surface area contributed by atoms with E-state index in [4.69, 9.17) is 0 Å². The first kappa shape index (κ1) is 17.6. The van der Waals surface area contributed by atoms with Crippen LogP contribution in [0.3, 0.4) is 0 Å². The van der Waals surface area contributed by atoms with Crippen molar-refractivity contribution >= 4 is 5.91 Å². The van der Waals surface area contributed by atoms with Crippen molar-refractivity contribution in [3.8, 4) is 5.69 Å². The minimum atomic E-state index is 0.0383. The minimum Gasteiger partial charge on any atom is -0.395 e. The first-order valence-electron chi connectivity index (χ1n) is 8.90. The van der Waals surface area contributed by atoms with Crippen molar-refractivity contribution in [1.82, 2.24) is 19.6 Å². The normalized spacial score (nSPS) is 16.8. The molecule has 25 heavy (non-hydrogen) atoms. The molecule has 0 radical (unpaired) electrons. The molecule has 1 aliphatic heterocycles. The summed E-state index contributed by atoms with van der Waals surface area (Å²) in [5.41, 5.74) is 2.35. The second-order valence-corrected chi connectivity index (χ2v) is 6.48. The molecule has 1 aromatic carbocycles. The fourth-order valence-corrected chi connectivity index (χ4v) is 3.35. The summed E-state index contributed by atoms with van der Waals surface area (Å²) in [7, 11) is 0. The SMILES string of the molecule is CCC(CO)N1CCN(C(=O)c2cn(-c3ccccc3)nc2C)CC1. The molecule has 2 heterocycles. The average molecular weight is 342 g/mol. The lowest BCUT2D eigenvalue weighted by atomic mass is 10.1. The Labute approximate surface area is 148 Å². The number of hydrogen-bond acceptors (Lipinski definition) is 4. The maximum absolute atomic E-state index is 12.9. The number of rotatable bonds is 5. The number of carbonyl (C=O) groups is 1. The van der Waals surface area contributed by atoms with Crippen LogP contribution in [0.15, 0.2) is 36.5 Å². The molecule has 1 atom stereocenters. The van der Waals surface area contributed by atoms with Crippen LogP contribution >= 0.6 is 0 Å². The number of hydrogen-bond donors (Lipinski definition) is 1. The van der Waals surface area contributed by atoms with Crippen LogP contribution in [0.5, 0.6) is 0 Å². The van der Waals surface area contributed by atoms with E-state index in [-0.39, 0.29) is 18.6 Å². The van der Waals surface area contributed by atoms with Gasteiger partial charge < -0.3 is 10.0 Å². The van der Waals surface area contributed by atoms with Crippen molar-refractivity contribution in [2.45, 2.75) is 26.3 Å². The van der Waals surface area contributed by atoms with Gasteiger partial charge in [-0.25, -0.2) is 4.68 Å². The van der Waals surface area contributed by atoms with E-state index in [0.29, 0.717) is 18.7 Å². The second-order valence-electron chi connectivity index (χ2n) is 6.48. The van der Waals surface area contributed by atoms with Gasteiger partial charge in [0.2, 0.25) is 0 Å². The molecule has 134 valence electrons. The van der Waals surface area contributed by atoms with Crippen LogP contribution in [0.4, 0.5) is 0 Å². The molecule has 0 aliphatic carbocycles. The first-order valence-corrected chi connectivity index (χ1v) is 8.90. The summed E-state index contributed by atoms with van der Waals surface area (Å²) in [6.07, 6.45) is 2.75. The monoisotopic (exact) mass is 342 g/mol. The van der Waals surface area contributed by atoms with Gasteiger partial charge in [-0.3, -0.25) is 9.69 Å². The Kier molecular flexibility index (Phi) is 5.50. The molecule has 3 rings (SSSR count).